The van der Waals surface area contributed by atoms with Crippen LogP contribution >= 0.6 is 0 Å². The Morgan fingerprint density at radius 2 is 1.87 bits per heavy atom. The Balaban J connectivity index is 1.55. The van der Waals surface area contributed by atoms with Crippen LogP contribution in [0.4, 0.5) is 0 Å². The topological polar surface area (TPSA) is 58.4 Å². The molecule has 0 spiro atoms. The van der Waals surface area contributed by atoms with Gasteiger partial charge in [0.25, 0.3) is 0 Å². The van der Waals surface area contributed by atoms with Gasteiger partial charge in [-0.3, -0.25) is 14.3 Å². The zero-order chi connectivity index (χ0) is 16.4. The lowest BCUT2D eigenvalue weighted by Gasteiger charge is -2.29. The SMILES string of the molecule is Cc1cc(C)n(CC(=O)N2CC[C@@H](C(=O)N3CCCCC3)C2)n1. The van der Waals surface area contributed by atoms with Crippen LogP contribution in [-0.2, 0) is 16.1 Å². The van der Waals surface area contributed by atoms with E-state index in [4.69, 9.17) is 0 Å². The Labute approximate surface area is 137 Å². The second-order valence-corrected chi connectivity index (χ2v) is 6.80. The Morgan fingerprint density at radius 3 is 2.52 bits per heavy atom. The summed E-state index contributed by atoms with van der Waals surface area (Å²) < 4.78 is 1.75. The molecular weight excluding hydrogens is 292 g/mol. The van der Waals surface area contributed by atoms with Crippen LogP contribution in [0.2, 0.25) is 0 Å². The zero-order valence-corrected chi connectivity index (χ0v) is 14.1. The van der Waals surface area contributed by atoms with E-state index in [1.165, 1.54) is 6.42 Å². The Hall–Kier alpha value is -1.85. The van der Waals surface area contributed by atoms with Gasteiger partial charge in [0.1, 0.15) is 6.54 Å². The highest BCUT2D eigenvalue weighted by molar-refractivity contribution is 5.82. The van der Waals surface area contributed by atoms with Crippen molar-refractivity contribution in [3.05, 3.63) is 17.5 Å². The van der Waals surface area contributed by atoms with Crippen molar-refractivity contribution in [2.75, 3.05) is 26.2 Å². The zero-order valence-electron chi connectivity index (χ0n) is 14.1. The Bertz CT molecular complexity index is 589. The number of aryl methyl sites for hydroxylation is 2. The van der Waals surface area contributed by atoms with Crippen LogP contribution in [0.15, 0.2) is 6.07 Å². The number of hydrogen-bond acceptors (Lipinski definition) is 3. The molecule has 1 aromatic heterocycles. The van der Waals surface area contributed by atoms with E-state index in [1.54, 1.807) is 4.68 Å². The van der Waals surface area contributed by atoms with E-state index < -0.39 is 0 Å². The molecule has 0 N–H and O–H groups in total. The quantitative estimate of drug-likeness (QED) is 0.845. The minimum atomic E-state index is -0.0162. The number of likely N-dealkylation sites (tertiary alicyclic amines) is 2. The van der Waals surface area contributed by atoms with Crippen LogP contribution in [0, 0.1) is 19.8 Å². The third-order valence-corrected chi connectivity index (χ3v) is 4.95. The summed E-state index contributed by atoms with van der Waals surface area (Å²) in [5.41, 5.74) is 1.92. The smallest absolute Gasteiger partial charge is 0.244 e. The van der Waals surface area contributed by atoms with E-state index in [9.17, 15) is 9.59 Å². The van der Waals surface area contributed by atoms with Gasteiger partial charge in [-0.2, -0.15) is 5.10 Å². The van der Waals surface area contributed by atoms with Crippen LogP contribution in [0.5, 0.6) is 0 Å². The molecule has 6 nitrogen and oxygen atoms in total. The summed E-state index contributed by atoms with van der Waals surface area (Å²) in [7, 11) is 0. The third kappa shape index (κ3) is 3.57. The summed E-state index contributed by atoms with van der Waals surface area (Å²) in [5, 5.41) is 4.34. The van der Waals surface area contributed by atoms with Gasteiger partial charge in [-0.05, 0) is 45.6 Å². The molecule has 2 fully saturated rings. The maximum absolute atomic E-state index is 12.6. The van der Waals surface area contributed by atoms with Crippen LogP contribution in [0.25, 0.3) is 0 Å². The number of hydrogen-bond donors (Lipinski definition) is 0. The largest absolute Gasteiger partial charge is 0.342 e. The lowest BCUT2D eigenvalue weighted by molar-refractivity contribution is -0.136. The maximum atomic E-state index is 12.6. The average molecular weight is 318 g/mol. The first-order chi connectivity index (χ1) is 11.0. The number of carbonyl (C=O) groups is 2. The summed E-state index contributed by atoms with van der Waals surface area (Å²) in [5.74, 6) is 0.286. The van der Waals surface area contributed by atoms with Crippen molar-refractivity contribution < 1.29 is 9.59 Å². The third-order valence-electron chi connectivity index (χ3n) is 4.95. The molecular formula is C17H26N4O2. The van der Waals surface area contributed by atoms with Gasteiger partial charge in [0, 0.05) is 31.9 Å². The molecule has 1 aromatic rings. The maximum Gasteiger partial charge on any atom is 0.244 e. The molecule has 126 valence electrons. The summed E-state index contributed by atoms with van der Waals surface area (Å²) in [6.07, 6.45) is 4.23. The van der Waals surface area contributed by atoms with Gasteiger partial charge in [-0.1, -0.05) is 0 Å². The van der Waals surface area contributed by atoms with Crippen molar-refractivity contribution >= 4 is 11.8 Å². The second-order valence-electron chi connectivity index (χ2n) is 6.80. The molecule has 3 heterocycles. The van der Waals surface area contributed by atoms with Crippen molar-refractivity contribution in [2.45, 2.75) is 46.1 Å². The molecule has 0 saturated carbocycles. The molecule has 0 unspecified atom stereocenters. The van der Waals surface area contributed by atoms with E-state index in [0.717, 1.165) is 43.7 Å². The predicted octanol–water partition coefficient (Wildman–Crippen LogP) is 1.36. The van der Waals surface area contributed by atoms with Crippen LogP contribution < -0.4 is 0 Å². The molecule has 2 aliphatic heterocycles. The van der Waals surface area contributed by atoms with Gasteiger partial charge in [-0.25, -0.2) is 0 Å². The van der Waals surface area contributed by atoms with E-state index >= 15 is 0 Å². The molecule has 0 aromatic carbocycles. The standard InChI is InChI=1S/C17H26N4O2/c1-13-10-14(2)21(18-13)12-16(22)20-9-6-15(11-20)17(23)19-7-4-3-5-8-19/h10,15H,3-9,11-12H2,1-2H3/t15-/m1/s1. The van der Waals surface area contributed by atoms with Gasteiger partial charge in [0.05, 0.1) is 11.6 Å². The summed E-state index contributed by atoms with van der Waals surface area (Å²) >= 11 is 0. The number of amides is 2. The van der Waals surface area contributed by atoms with Crippen LogP contribution in [-0.4, -0.2) is 57.6 Å². The minimum absolute atomic E-state index is 0.0162. The number of piperidine rings is 1. The Kier molecular flexibility index (Phi) is 4.68. The predicted molar refractivity (Wildman–Crippen MR) is 86.8 cm³/mol. The van der Waals surface area contributed by atoms with Crippen molar-refractivity contribution in [1.29, 1.82) is 0 Å². The number of carbonyl (C=O) groups excluding carboxylic acids is 2. The molecule has 6 heteroatoms. The summed E-state index contributed by atoms with van der Waals surface area (Å²) in [6.45, 7) is 7.17. The summed E-state index contributed by atoms with van der Waals surface area (Å²) in [4.78, 5) is 28.8. The van der Waals surface area contributed by atoms with E-state index in [1.807, 2.05) is 29.7 Å². The van der Waals surface area contributed by atoms with Crippen molar-refractivity contribution in [2.24, 2.45) is 5.92 Å². The van der Waals surface area contributed by atoms with Gasteiger partial charge in [0.15, 0.2) is 0 Å². The van der Waals surface area contributed by atoms with Gasteiger partial charge < -0.3 is 9.80 Å². The molecule has 1 atom stereocenters. The van der Waals surface area contributed by atoms with Crippen molar-refractivity contribution in [1.82, 2.24) is 19.6 Å². The molecule has 23 heavy (non-hydrogen) atoms. The monoisotopic (exact) mass is 318 g/mol. The molecule has 0 radical (unpaired) electrons. The van der Waals surface area contributed by atoms with Crippen molar-refractivity contribution in [3.8, 4) is 0 Å². The highest BCUT2D eigenvalue weighted by Gasteiger charge is 2.34. The highest BCUT2D eigenvalue weighted by Crippen LogP contribution is 2.21. The van der Waals surface area contributed by atoms with Crippen LogP contribution in [0.3, 0.4) is 0 Å². The fourth-order valence-corrected chi connectivity index (χ4v) is 3.62. The fourth-order valence-electron chi connectivity index (χ4n) is 3.62. The first-order valence-corrected chi connectivity index (χ1v) is 8.62. The Morgan fingerprint density at radius 1 is 1.13 bits per heavy atom. The van der Waals surface area contributed by atoms with Gasteiger partial charge in [0.2, 0.25) is 11.8 Å². The van der Waals surface area contributed by atoms with Crippen LogP contribution in [0.1, 0.15) is 37.1 Å². The molecule has 3 rings (SSSR count). The molecule has 0 bridgehead atoms. The number of nitrogens with zero attached hydrogens (tertiary/aromatic N) is 4. The van der Waals surface area contributed by atoms with Gasteiger partial charge in [-0.15, -0.1) is 0 Å². The first kappa shape index (κ1) is 16.0. The minimum Gasteiger partial charge on any atom is -0.342 e. The lowest BCUT2D eigenvalue weighted by Crippen LogP contribution is -2.41. The average Bonchev–Trinajstić information content (AvgIpc) is 3.15. The van der Waals surface area contributed by atoms with E-state index in [2.05, 4.69) is 5.10 Å². The number of aromatic nitrogens is 2. The molecule has 2 aliphatic rings. The molecule has 2 saturated heterocycles. The first-order valence-electron chi connectivity index (χ1n) is 8.62. The van der Waals surface area contributed by atoms with E-state index in [-0.39, 0.29) is 24.3 Å². The summed E-state index contributed by atoms with van der Waals surface area (Å²) in [6, 6.07) is 1.97. The second kappa shape index (κ2) is 6.72. The molecule has 2 amide bonds. The van der Waals surface area contributed by atoms with Crippen molar-refractivity contribution in [3.63, 3.8) is 0 Å². The fraction of sp³-hybridized carbons (Fsp3) is 0.706. The van der Waals surface area contributed by atoms with Gasteiger partial charge >= 0.3 is 0 Å². The number of rotatable bonds is 3. The van der Waals surface area contributed by atoms with E-state index in [0.29, 0.717) is 13.1 Å². The molecule has 0 aliphatic carbocycles. The highest BCUT2D eigenvalue weighted by atomic mass is 16.2. The lowest BCUT2D eigenvalue weighted by atomic mass is 10.0. The normalized spacial score (nSPS) is 21.7.